The Morgan fingerprint density at radius 2 is 1.80 bits per heavy atom. The van der Waals surface area contributed by atoms with Crippen LogP contribution in [0.2, 0.25) is 5.02 Å². The van der Waals surface area contributed by atoms with Crippen LogP contribution >= 0.6 is 11.6 Å². The summed E-state index contributed by atoms with van der Waals surface area (Å²) in [5.41, 5.74) is 0.378. The van der Waals surface area contributed by atoms with E-state index in [1.165, 1.54) is 6.07 Å². The fourth-order valence-corrected chi connectivity index (χ4v) is 1.82. The molecule has 1 fully saturated rings. The summed E-state index contributed by atoms with van der Waals surface area (Å²) in [6.45, 7) is 3.01. The Balaban J connectivity index is 2.30. The summed E-state index contributed by atoms with van der Waals surface area (Å²) in [4.78, 5) is 1.86. The van der Waals surface area contributed by atoms with Crippen molar-refractivity contribution in [1.29, 1.82) is 0 Å². The third-order valence-corrected chi connectivity index (χ3v) is 2.74. The number of rotatable bonds is 1. The van der Waals surface area contributed by atoms with E-state index < -0.39 is 11.6 Å². The average molecular weight is 233 g/mol. The van der Waals surface area contributed by atoms with Crippen molar-refractivity contribution >= 4 is 17.3 Å². The van der Waals surface area contributed by atoms with Gasteiger partial charge in [0.05, 0.1) is 10.7 Å². The lowest BCUT2D eigenvalue weighted by Crippen LogP contribution is -2.43. The summed E-state index contributed by atoms with van der Waals surface area (Å²) in [7, 11) is 0. The molecular weight excluding hydrogens is 222 g/mol. The van der Waals surface area contributed by atoms with Crippen LogP contribution in [0.5, 0.6) is 0 Å². The van der Waals surface area contributed by atoms with Crippen molar-refractivity contribution in [1.82, 2.24) is 5.32 Å². The van der Waals surface area contributed by atoms with Crippen LogP contribution in [0.15, 0.2) is 12.1 Å². The first kappa shape index (κ1) is 10.6. The van der Waals surface area contributed by atoms with Gasteiger partial charge in [-0.2, -0.15) is 0 Å². The predicted molar refractivity (Wildman–Crippen MR) is 56.5 cm³/mol. The minimum absolute atomic E-state index is 0.0371. The molecule has 1 heterocycles. The summed E-state index contributed by atoms with van der Waals surface area (Å²) < 4.78 is 26.4. The fourth-order valence-electron chi connectivity index (χ4n) is 1.66. The standard InChI is InChI=1S/C10H11ClF2N2/c11-7-5-10(9(13)6-8(7)12)15-3-1-14-2-4-15/h5-6,14H,1-4H2. The highest BCUT2D eigenvalue weighted by Crippen LogP contribution is 2.26. The van der Waals surface area contributed by atoms with Crippen molar-refractivity contribution in [3.8, 4) is 0 Å². The fraction of sp³-hybridized carbons (Fsp3) is 0.400. The molecule has 1 aliphatic heterocycles. The minimum atomic E-state index is -0.715. The molecule has 0 spiro atoms. The molecule has 1 aliphatic rings. The molecule has 1 aromatic rings. The van der Waals surface area contributed by atoms with Gasteiger partial charge in [0.1, 0.15) is 11.6 Å². The van der Waals surface area contributed by atoms with Crippen molar-refractivity contribution in [2.45, 2.75) is 0 Å². The predicted octanol–water partition coefficient (Wildman–Crippen LogP) is 2.03. The third-order valence-electron chi connectivity index (χ3n) is 2.45. The zero-order valence-corrected chi connectivity index (χ0v) is 8.82. The Morgan fingerprint density at radius 3 is 2.47 bits per heavy atom. The smallest absolute Gasteiger partial charge is 0.149 e. The summed E-state index contributed by atoms with van der Waals surface area (Å²) in [5, 5.41) is 3.12. The quantitative estimate of drug-likeness (QED) is 0.746. The van der Waals surface area contributed by atoms with Crippen molar-refractivity contribution < 1.29 is 8.78 Å². The van der Waals surface area contributed by atoms with Gasteiger partial charge in [-0.25, -0.2) is 8.78 Å². The van der Waals surface area contributed by atoms with Crippen molar-refractivity contribution in [3.63, 3.8) is 0 Å². The summed E-state index contributed by atoms with van der Waals surface area (Å²) >= 11 is 5.62. The number of hydrogen-bond acceptors (Lipinski definition) is 2. The van der Waals surface area contributed by atoms with Gasteiger partial charge in [-0.1, -0.05) is 11.6 Å². The van der Waals surface area contributed by atoms with Gasteiger partial charge in [0.15, 0.2) is 0 Å². The zero-order valence-electron chi connectivity index (χ0n) is 8.06. The van der Waals surface area contributed by atoms with E-state index in [1.54, 1.807) is 0 Å². The van der Waals surface area contributed by atoms with Gasteiger partial charge in [0, 0.05) is 32.2 Å². The van der Waals surface area contributed by atoms with Crippen LogP contribution in [-0.2, 0) is 0 Å². The van der Waals surface area contributed by atoms with Gasteiger partial charge in [-0.05, 0) is 6.07 Å². The average Bonchev–Trinajstić information content (AvgIpc) is 2.25. The maximum atomic E-state index is 13.5. The first-order valence-electron chi connectivity index (χ1n) is 4.78. The van der Waals surface area contributed by atoms with Gasteiger partial charge in [0.25, 0.3) is 0 Å². The van der Waals surface area contributed by atoms with Crippen molar-refractivity contribution in [3.05, 3.63) is 28.8 Å². The van der Waals surface area contributed by atoms with E-state index in [2.05, 4.69) is 5.32 Å². The molecular formula is C10H11ClF2N2. The van der Waals surface area contributed by atoms with Crippen molar-refractivity contribution in [2.24, 2.45) is 0 Å². The second-order valence-electron chi connectivity index (χ2n) is 3.45. The summed E-state index contributed by atoms with van der Waals surface area (Å²) in [6.07, 6.45) is 0. The molecule has 15 heavy (non-hydrogen) atoms. The van der Waals surface area contributed by atoms with Crippen LogP contribution in [0.1, 0.15) is 0 Å². The highest BCUT2D eigenvalue weighted by Gasteiger charge is 2.16. The molecule has 0 atom stereocenters. The molecule has 82 valence electrons. The number of hydrogen-bond donors (Lipinski definition) is 1. The Morgan fingerprint density at radius 1 is 1.13 bits per heavy atom. The number of piperazine rings is 1. The molecule has 0 saturated carbocycles. The van der Waals surface area contributed by atoms with E-state index in [1.807, 2.05) is 4.90 Å². The van der Waals surface area contributed by atoms with Crippen LogP contribution in [-0.4, -0.2) is 26.2 Å². The molecule has 1 saturated heterocycles. The van der Waals surface area contributed by atoms with Crippen LogP contribution in [0.25, 0.3) is 0 Å². The lowest BCUT2D eigenvalue weighted by atomic mass is 10.2. The molecule has 2 rings (SSSR count). The lowest BCUT2D eigenvalue weighted by Gasteiger charge is -2.29. The Hall–Kier alpha value is -0.870. The maximum Gasteiger partial charge on any atom is 0.149 e. The Bertz CT molecular complexity index is 365. The Labute approximate surface area is 91.8 Å². The van der Waals surface area contributed by atoms with E-state index in [9.17, 15) is 8.78 Å². The highest BCUT2D eigenvalue weighted by atomic mass is 35.5. The second kappa shape index (κ2) is 4.33. The van der Waals surface area contributed by atoms with Gasteiger partial charge in [-0.3, -0.25) is 0 Å². The van der Waals surface area contributed by atoms with Gasteiger partial charge in [0.2, 0.25) is 0 Å². The summed E-state index contributed by atoms with van der Waals surface area (Å²) in [6, 6.07) is 2.18. The number of anilines is 1. The first-order chi connectivity index (χ1) is 7.18. The molecule has 0 aliphatic carbocycles. The van der Waals surface area contributed by atoms with E-state index >= 15 is 0 Å². The molecule has 0 bridgehead atoms. The molecule has 2 nitrogen and oxygen atoms in total. The van der Waals surface area contributed by atoms with Gasteiger partial charge >= 0.3 is 0 Å². The number of benzene rings is 1. The molecule has 0 radical (unpaired) electrons. The van der Waals surface area contributed by atoms with Crippen molar-refractivity contribution in [2.75, 3.05) is 31.1 Å². The van der Waals surface area contributed by atoms with E-state index in [0.717, 1.165) is 19.2 Å². The molecule has 1 N–H and O–H groups in total. The van der Waals surface area contributed by atoms with Gasteiger partial charge in [-0.15, -0.1) is 0 Å². The van der Waals surface area contributed by atoms with E-state index in [0.29, 0.717) is 18.8 Å². The third kappa shape index (κ3) is 2.21. The largest absolute Gasteiger partial charge is 0.367 e. The molecule has 0 aromatic heterocycles. The molecule has 5 heteroatoms. The lowest BCUT2D eigenvalue weighted by molar-refractivity contribution is 0.554. The van der Waals surface area contributed by atoms with Crippen LogP contribution in [0, 0.1) is 11.6 Å². The topological polar surface area (TPSA) is 15.3 Å². The SMILES string of the molecule is Fc1cc(F)c(N2CCNCC2)cc1Cl. The van der Waals surface area contributed by atoms with Gasteiger partial charge < -0.3 is 10.2 Å². The number of nitrogens with one attached hydrogen (secondary N) is 1. The van der Waals surface area contributed by atoms with E-state index in [4.69, 9.17) is 11.6 Å². The zero-order chi connectivity index (χ0) is 10.8. The van der Waals surface area contributed by atoms with Crippen LogP contribution in [0.3, 0.4) is 0 Å². The normalized spacial score (nSPS) is 16.9. The number of nitrogens with zero attached hydrogens (tertiary/aromatic N) is 1. The highest BCUT2D eigenvalue weighted by molar-refractivity contribution is 6.31. The number of halogens is 3. The minimum Gasteiger partial charge on any atom is -0.367 e. The Kier molecular flexibility index (Phi) is 3.07. The maximum absolute atomic E-state index is 13.5. The first-order valence-corrected chi connectivity index (χ1v) is 5.16. The van der Waals surface area contributed by atoms with Crippen LogP contribution in [0.4, 0.5) is 14.5 Å². The molecule has 0 unspecified atom stereocenters. The second-order valence-corrected chi connectivity index (χ2v) is 3.86. The summed E-state index contributed by atoms with van der Waals surface area (Å²) in [5.74, 6) is -1.27. The molecule has 0 amide bonds. The molecule has 1 aromatic carbocycles. The van der Waals surface area contributed by atoms with E-state index in [-0.39, 0.29) is 5.02 Å². The van der Waals surface area contributed by atoms with Crippen LogP contribution < -0.4 is 10.2 Å². The monoisotopic (exact) mass is 232 g/mol.